The highest BCUT2D eigenvalue weighted by Crippen LogP contribution is 2.48. The molecule has 2 aromatic rings. The molecule has 1 atom stereocenters. The summed E-state index contributed by atoms with van der Waals surface area (Å²) in [6.45, 7) is 6.16. The van der Waals surface area contributed by atoms with Gasteiger partial charge in [0.1, 0.15) is 5.82 Å². The standard InChI is InChI=1S/C19H21BrN4OS/c1-3-17(22-18-21-7-9-26-18)24-12-19(6-8-23(11-19)13(2)25)15-10-14(20)4-5-16(15)24/h3-5,7,9-10H,6,8,11-12H2,1-2H3,(H,21,22)/t19-/m0/s1. The lowest BCUT2D eigenvalue weighted by Gasteiger charge is -2.27. The maximum atomic E-state index is 11.9. The summed E-state index contributed by atoms with van der Waals surface area (Å²) in [6, 6.07) is 6.46. The summed E-state index contributed by atoms with van der Waals surface area (Å²) in [7, 11) is 0. The minimum absolute atomic E-state index is 0.0242. The summed E-state index contributed by atoms with van der Waals surface area (Å²) in [4.78, 5) is 20.6. The number of likely N-dealkylation sites (tertiary alicyclic amines) is 1. The van der Waals surface area contributed by atoms with Crippen LogP contribution in [0.5, 0.6) is 0 Å². The third kappa shape index (κ3) is 2.93. The molecule has 1 fully saturated rings. The molecule has 0 bridgehead atoms. The monoisotopic (exact) mass is 432 g/mol. The van der Waals surface area contributed by atoms with Gasteiger partial charge in [0.05, 0.1) is 0 Å². The number of fused-ring (bicyclic) bond motifs is 2. The molecule has 4 rings (SSSR count). The van der Waals surface area contributed by atoms with Crippen LogP contribution in [0, 0.1) is 0 Å². The largest absolute Gasteiger partial charge is 0.342 e. The summed E-state index contributed by atoms with van der Waals surface area (Å²) in [5.74, 6) is 1.19. The quantitative estimate of drug-likeness (QED) is 0.789. The van der Waals surface area contributed by atoms with E-state index in [1.54, 1.807) is 24.5 Å². The summed E-state index contributed by atoms with van der Waals surface area (Å²) in [6.07, 6.45) is 4.88. The lowest BCUT2D eigenvalue weighted by molar-refractivity contribution is -0.127. The zero-order valence-corrected chi connectivity index (χ0v) is 17.2. The van der Waals surface area contributed by atoms with Gasteiger partial charge < -0.3 is 15.1 Å². The van der Waals surface area contributed by atoms with Crippen LogP contribution in [-0.2, 0) is 10.2 Å². The molecule has 0 radical (unpaired) electrons. The van der Waals surface area contributed by atoms with Crippen LogP contribution in [0.2, 0.25) is 0 Å². The molecule has 3 heterocycles. The van der Waals surface area contributed by atoms with Crippen molar-refractivity contribution in [2.45, 2.75) is 25.7 Å². The third-order valence-electron chi connectivity index (χ3n) is 5.31. The molecule has 1 aromatic carbocycles. The Bertz CT molecular complexity index is 866. The number of hydrogen-bond acceptors (Lipinski definition) is 5. The van der Waals surface area contributed by atoms with Crippen molar-refractivity contribution in [2.75, 3.05) is 29.9 Å². The molecule has 26 heavy (non-hydrogen) atoms. The van der Waals surface area contributed by atoms with E-state index in [-0.39, 0.29) is 11.3 Å². The van der Waals surface area contributed by atoms with Gasteiger partial charge in [-0.25, -0.2) is 4.98 Å². The average molecular weight is 433 g/mol. The number of halogens is 1. The number of carbonyl (C=O) groups excluding carboxylic acids is 1. The number of amides is 1. The maximum Gasteiger partial charge on any atom is 0.219 e. The van der Waals surface area contributed by atoms with E-state index >= 15 is 0 Å². The SMILES string of the molecule is CC=C(Nc1nccs1)N1C[C@@]2(CCN(C(C)=O)C2)c2cc(Br)ccc21. The van der Waals surface area contributed by atoms with Crippen LogP contribution < -0.4 is 10.2 Å². The fraction of sp³-hybridized carbons (Fsp3) is 0.368. The van der Waals surface area contributed by atoms with E-state index in [9.17, 15) is 4.79 Å². The first-order valence-electron chi connectivity index (χ1n) is 8.68. The van der Waals surface area contributed by atoms with E-state index in [0.717, 1.165) is 41.5 Å². The van der Waals surface area contributed by atoms with Gasteiger partial charge in [0, 0.05) is 53.7 Å². The molecule has 2 aliphatic rings. The van der Waals surface area contributed by atoms with Gasteiger partial charge in [0.25, 0.3) is 0 Å². The van der Waals surface area contributed by atoms with Crippen molar-refractivity contribution < 1.29 is 4.79 Å². The summed E-state index contributed by atoms with van der Waals surface area (Å²) in [5, 5.41) is 6.30. The number of benzene rings is 1. The molecule has 1 spiro atoms. The van der Waals surface area contributed by atoms with Crippen LogP contribution in [0.4, 0.5) is 10.8 Å². The lowest BCUT2D eigenvalue weighted by Crippen LogP contribution is -2.38. The number of nitrogens with one attached hydrogen (secondary N) is 1. The van der Waals surface area contributed by atoms with Gasteiger partial charge in [-0.15, -0.1) is 11.3 Å². The predicted molar refractivity (Wildman–Crippen MR) is 110 cm³/mol. The predicted octanol–water partition coefficient (Wildman–Crippen LogP) is 4.19. The molecule has 1 amide bonds. The van der Waals surface area contributed by atoms with E-state index in [1.165, 1.54) is 11.3 Å². The van der Waals surface area contributed by atoms with Crippen LogP contribution in [0.3, 0.4) is 0 Å². The first-order valence-corrected chi connectivity index (χ1v) is 10.4. The normalized spacial score (nSPS) is 22.2. The van der Waals surface area contributed by atoms with Gasteiger partial charge in [-0.1, -0.05) is 15.9 Å². The van der Waals surface area contributed by atoms with Crippen molar-refractivity contribution in [1.82, 2.24) is 9.88 Å². The van der Waals surface area contributed by atoms with Crippen LogP contribution in [0.15, 0.2) is 46.1 Å². The molecular weight excluding hydrogens is 412 g/mol. The number of aromatic nitrogens is 1. The Balaban J connectivity index is 1.71. The molecule has 0 aliphatic carbocycles. The average Bonchev–Trinajstić information content (AvgIpc) is 3.34. The second-order valence-electron chi connectivity index (χ2n) is 6.85. The topological polar surface area (TPSA) is 48.5 Å². The fourth-order valence-corrected chi connectivity index (χ4v) is 4.93. The van der Waals surface area contributed by atoms with Gasteiger partial charge in [0.2, 0.25) is 5.91 Å². The number of nitrogens with zero attached hydrogens (tertiary/aromatic N) is 3. The minimum Gasteiger partial charge on any atom is -0.342 e. The Kier molecular flexibility index (Phi) is 4.52. The third-order valence-corrected chi connectivity index (χ3v) is 6.49. The summed E-state index contributed by atoms with van der Waals surface area (Å²) in [5.41, 5.74) is 2.50. The zero-order chi connectivity index (χ0) is 18.3. The van der Waals surface area contributed by atoms with Gasteiger partial charge in [-0.05, 0) is 43.2 Å². The lowest BCUT2D eigenvalue weighted by atomic mass is 9.81. The van der Waals surface area contributed by atoms with Gasteiger partial charge in [-0.3, -0.25) is 4.79 Å². The zero-order valence-electron chi connectivity index (χ0n) is 14.8. The number of anilines is 2. The molecule has 1 N–H and O–H groups in total. The molecule has 1 saturated heterocycles. The van der Waals surface area contributed by atoms with Crippen molar-refractivity contribution in [1.29, 1.82) is 0 Å². The molecule has 2 aliphatic heterocycles. The van der Waals surface area contributed by atoms with Crippen LogP contribution in [0.1, 0.15) is 25.8 Å². The number of rotatable bonds is 3. The Morgan fingerprint density at radius 2 is 2.27 bits per heavy atom. The molecular formula is C19H21BrN4OS. The first-order chi connectivity index (χ1) is 12.5. The number of thiazole rings is 1. The maximum absolute atomic E-state index is 11.9. The van der Waals surface area contributed by atoms with E-state index in [4.69, 9.17) is 0 Å². The first kappa shape index (κ1) is 17.5. The molecule has 136 valence electrons. The van der Waals surface area contributed by atoms with E-state index in [2.05, 4.69) is 55.4 Å². The van der Waals surface area contributed by atoms with E-state index < -0.39 is 0 Å². The van der Waals surface area contributed by atoms with Crippen molar-refractivity contribution in [3.05, 3.63) is 51.7 Å². The summed E-state index contributed by atoms with van der Waals surface area (Å²) < 4.78 is 1.08. The second kappa shape index (κ2) is 6.70. The van der Waals surface area contributed by atoms with Crippen molar-refractivity contribution in [3.63, 3.8) is 0 Å². The highest BCUT2D eigenvalue weighted by Gasteiger charge is 2.48. The Hall–Kier alpha value is -1.86. The van der Waals surface area contributed by atoms with E-state index in [1.807, 2.05) is 17.2 Å². The highest BCUT2D eigenvalue weighted by atomic mass is 79.9. The minimum atomic E-state index is -0.0242. The Morgan fingerprint density at radius 3 is 2.92 bits per heavy atom. The van der Waals surface area contributed by atoms with Gasteiger partial charge in [-0.2, -0.15) is 0 Å². The molecule has 0 saturated carbocycles. The van der Waals surface area contributed by atoms with Crippen molar-refractivity contribution >= 4 is 44.0 Å². The Labute approximate surface area is 165 Å². The fourth-order valence-electron chi connectivity index (χ4n) is 4.04. The Morgan fingerprint density at radius 1 is 1.42 bits per heavy atom. The van der Waals surface area contributed by atoms with Crippen molar-refractivity contribution in [3.8, 4) is 0 Å². The van der Waals surface area contributed by atoms with Crippen LogP contribution in [0.25, 0.3) is 0 Å². The van der Waals surface area contributed by atoms with Gasteiger partial charge >= 0.3 is 0 Å². The molecule has 0 unspecified atom stereocenters. The molecule has 5 nitrogen and oxygen atoms in total. The van der Waals surface area contributed by atoms with E-state index in [0.29, 0.717) is 0 Å². The molecule has 7 heteroatoms. The van der Waals surface area contributed by atoms with Crippen LogP contribution >= 0.6 is 27.3 Å². The van der Waals surface area contributed by atoms with Gasteiger partial charge in [0.15, 0.2) is 5.13 Å². The summed E-state index contributed by atoms with van der Waals surface area (Å²) >= 11 is 5.21. The highest BCUT2D eigenvalue weighted by molar-refractivity contribution is 9.10. The smallest absolute Gasteiger partial charge is 0.219 e. The number of hydrogen-bond donors (Lipinski definition) is 1. The molecule has 1 aromatic heterocycles. The second-order valence-corrected chi connectivity index (χ2v) is 8.66. The number of carbonyl (C=O) groups is 1. The van der Waals surface area contributed by atoms with Crippen LogP contribution in [-0.4, -0.2) is 35.4 Å². The number of allylic oxidation sites excluding steroid dienone is 1. The van der Waals surface area contributed by atoms with Crippen molar-refractivity contribution in [2.24, 2.45) is 0 Å².